The third kappa shape index (κ3) is 3.12. The first kappa shape index (κ1) is 16.4. The van der Waals surface area contributed by atoms with Crippen LogP contribution >= 0.6 is 0 Å². The lowest BCUT2D eigenvalue weighted by atomic mass is 9.89. The van der Waals surface area contributed by atoms with E-state index in [0.29, 0.717) is 13.1 Å². The summed E-state index contributed by atoms with van der Waals surface area (Å²) in [7, 11) is 3.54. The van der Waals surface area contributed by atoms with Crippen LogP contribution in [0.1, 0.15) is 22.7 Å². The number of nitrogens with two attached hydrogens (primary N) is 1. The Labute approximate surface area is 141 Å². The van der Waals surface area contributed by atoms with E-state index in [0.717, 1.165) is 29.1 Å². The summed E-state index contributed by atoms with van der Waals surface area (Å²) in [6, 6.07) is 1.97. The van der Waals surface area contributed by atoms with E-state index in [4.69, 9.17) is 10.5 Å². The Balaban J connectivity index is 1.80. The topological polar surface area (TPSA) is 86.3 Å². The van der Waals surface area contributed by atoms with Gasteiger partial charge in [0.05, 0.1) is 25.4 Å². The van der Waals surface area contributed by atoms with E-state index in [1.807, 2.05) is 37.1 Å². The second-order valence-corrected chi connectivity index (χ2v) is 6.35. The van der Waals surface area contributed by atoms with Crippen LogP contribution in [-0.2, 0) is 18.4 Å². The SMILES string of the molecule is COc1cncc(CN2C[C@H](C(N)=O)[C@@H](c3cnn(C)c3C)C2)c1. The Morgan fingerprint density at radius 3 is 2.79 bits per heavy atom. The highest BCUT2D eigenvalue weighted by Crippen LogP contribution is 2.34. The summed E-state index contributed by atoms with van der Waals surface area (Å²) in [5.41, 5.74) is 8.90. The molecule has 7 nitrogen and oxygen atoms in total. The van der Waals surface area contributed by atoms with Crippen LogP contribution in [0.2, 0.25) is 0 Å². The summed E-state index contributed by atoms with van der Waals surface area (Å²) in [5.74, 6) is 0.355. The minimum atomic E-state index is -0.255. The number of primary amides is 1. The molecule has 7 heteroatoms. The van der Waals surface area contributed by atoms with E-state index >= 15 is 0 Å². The lowest BCUT2D eigenvalue weighted by molar-refractivity contribution is -0.121. The van der Waals surface area contributed by atoms with Gasteiger partial charge in [-0.15, -0.1) is 0 Å². The second kappa shape index (κ2) is 6.60. The molecule has 0 saturated carbocycles. The van der Waals surface area contributed by atoms with Gasteiger partial charge in [0, 0.05) is 44.5 Å². The largest absolute Gasteiger partial charge is 0.495 e. The number of likely N-dealkylation sites (tertiary alicyclic amines) is 1. The van der Waals surface area contributed by atoms with Gasteiger partial charge in [0.1, 0.15) is 5.75 Å². The maximum atomic E-state index is 11.9. The number of aryl methyl sites for hydroxylation is 1. The molecule has 128 valence electrons. The molecule has 2 aromatic rings. The van der Waals surface area contributed by atoms with Crippen LogP contribution in [0.5, 0.6) is 5.75 Å². The minimum Gasteiger partial charge on any atom is -0.495 e. The fourth-order valence-corrected chi connectivity index (χ4v) is 3.42. The molecule has 1 fully saturated rings. The standard InChI is InChI=1S/C17H23N5O2/c1-11-14(7-20-21(11)2)15-9-22(10-16(15)17(18)23)8-12-4-13(24-3)6-19-5-12/h4-7,15-16H,8-10H2,1-3H3,(H2,18,23)/t15-,16+/m1/s1. The van der Waals surface area contributed by atoms with Crippen molar-refractivity contribution >= 4 is 5.91 Å². The van der Waals surface area contributed by atoms with Crippen LogP contribution < -0.4 is 10.5 Å². The first-order chi connectivity index (χ1) is 11.5. The summed E-state index contributed by atoms with van der Waals surface area (Å²) in [6.45, 7) is 4.15. The number of hydrogen-bond donors (Lipinski definition) is 1. The van der Waals surface area contributed by atoms with Crippen molar-refractivity contribution in [1.29, 1.82) is 0 Å². The first-order valence-corrected chi connectivity index (χ1v) is 7.97. The van der Waals surface area contributed by atoms with Crippen molar-refractivity contribution in [3.8, 4) is 5.75 Å². The highest BCUT2D eigenvalue weighted by atomic mass is 16.5. The molecule has 0 aromatic carbocycles. The molecular weight excluding hydrogens is 306 g/mol. The molecule has 0 radical (unpaired) electrons. The van der Waals surface area contributed by atoms with Crippen molar-refractivity contribution in [2.24, 2.45) is 18.7 Å². The predicted molar refractivity (Wildman–Crippen MR) is 89.4 cm³/mol. The average Bonchev–Trinajstić information content (AvgIpc) is 3.12. The van der Waals surface area contributed by atoms with Gasteiger partial charge in [0.15, 0.2) is 0 Å². The van der Waals surface area contributed by atoms with Crippen LogP contribution in [0.4, 0.5) is 0 Å². The fraction of sp³-hybridized carbons (Fsp3) is 0.471. The zero-order valence-electron chi connectivity index (χ0n) is 14.3. The Morgan fingerprint density at radius 2 is 2.17 bits per heavy atom. The van der Waals surface area contributed by atoms with Crippen LogP contribution in [0, 0.1) is 12.8 Å². The molecule has 1 saturated heterocycles. The van der Waals surface area contributed by atoms with Crippen molar-refractivity contribution in [2.45, 2.75) is 19.4 Å². The normalized spacial score (nSPS) is 21.1. The van der Waals surface area contributed by atoms with Gasteiger partial charge >= 0.3 is 0 Å². The molecule has 2 N–H and O–H groups in total. The van der Waals surface area contributed by atoms with E-state index in [1.54, 1.807) is 13.3 Å². The Hall–Kier alpha value is -2.41. The molecule has 24 heavy (non-hydrogen) atoms. The average molecular weight is 329 g/mol. The van der Waals surface area contributed by atoms with Gasteiger partial charge in [-0.1, -0.05) is 0 Å². The quantitative estimate of drug-likeness (QED) is 0.878. The molecule has 0 spiro atoms. The molecule has 2 atom stereocenters. The smallest absolute Gasteiger partial charge is 0.222 e. The molecule has 1 aliphatic heterocycles. The molecule has 1 aliphatic rings. The second-order valence-electron chi connectivity index (χ2n) is 6.35. The summed E-state index contributed by atoms with van der Waals surface area (Å²) < 4.78 is 7.06. The summed E-state index contributed by atoms with van der Waals surface area (Å²) in [6.07, 6.45) is 5.36. The molecule has 3 heterocycles. The van der Waals surface area contributed by atoms with Crippen molar-refractivity contribution in [1.82, 2.24) is 19.7 Å². The van der Waals surface area contributed by atoms with E-state index < -0.39 is 0 Å². The molecule has 2 aromatic heterocycles. The number of carbonyl (C=O) groups excluding carboxylic acids is 1. The van der Waals surface area contributed by atoms with Gasteiger partial charge in [-0.25, -0.2) is 0 Å². The van der Waals surface area contributed by atoms with E-state index in [1.165, 1.54) is 0 Å². The van der Waals surface area contributed by atoms with Gasteiger partial charge in [-0.3, -0.25) is 19.4 Å². The monoisotopic (exact) mass is 329 g/mol. The number of nitrogens with zero attached hydrogens (tertiary/aromatic N) is 4. The number of pyridine rings is 1. The molecule has 0 bridgehead atoms. The van der Waals surface area contributed by atoms with Crippen LogP contribution in [0.15, 0.2) is 24.7 Å². The fourth-order valence-electron chi connectivity index (χ4n) is 3.42. The Bertz CT molecular complexity index is 742. The Morgan fingerprint density at radius 1 is 1.38 bits per heavy atom. The number of ether oxygens (including phenoxy) is 1. The first-order valence-electron chi connectivity index (χ1n) is 7.97. The highest BCUT2D eigenvalue weighted by molar-refractivity contribution is 5.78. The number of carbonyl (C=O) groups is 1. The maximum absolute atomic E-state index is 11.9. The zero-order valence-corrected chi connectivity index (χ0v) is 14.3. The van der Waals surface area contributed by atoms with Crippen molar-refractivity contribution in [3.63, 3.8) is 0 Å². The number of amides is 1. The molecule has 0 unspecified atom stereocenters. The van der Waals surface area contributed by atoms with E-state index in [-0.39, 0.29) is 17.7 Å². The number of rotatable bonds is 5. The van der Waals surface area contributed by atoms with Crippen LogP contribution in [0.3, 0.4) is 0 Å². The zero-order chi connectivity index (χ0) is 17.3. The van der Waals surface area contributed by atoms with Gasteiger partial charge < -0.3 is 10.5 Å². The van der Waals surface area contributed by atoms with Gasteiger partial charge in [0.25, 0.3) is 0 Å². The van der Waals surface area contributed by atoms with Crippen molar-refractivity contribution in [3.05, 3.63) is 41.5 Å². The highest BCUT2D eigenvalue weighted by Gasteiger charge is 2.38. The van der Waals surface area contributed by atoms with E-state index in [9.17, 15) is 4.79 Å². The third-order valence-electron chi connectivity index (χ3n) is 4.85. The minimum absolute atomic E-state index is 0.0785. The van der Waals surface area contributed by atoms with Crippen molar-refractivity contribution < 1.29 is 9.53 Å². The van der Waals surface area contributed by atoms with Gasteiger partial charge in [-0.05, 0) is 24.1 Å². The summed E-state index contributed by atoms with van der Waals surface area (Å²) in [5, 5.41) is 4.31. The third-order valence-corrected chi connectivity index (χ3v) is 4.85. The lowest BCUT2D eigenvalue weighted by Crippen LogP contribution is -2.29. The molecule has 0 aliphatic carbocycles. The number of hydrogen-bond acceptors (Lipinski definition) is 5. The number of aromatic nitrogens is 3. The van der Waals surface area contributed by atoms with Gasteiger partial charge in [-0.2, -0.15) is 5.10 Å². The maximum Gasteiger partial charge on any atom is 0.222 e. The lowest BCUT2D eigenvalue weighted by Gasteiger charge is -2.16. The summed E-state index contributed by atoms with van der Waals surface area (Å²) >= 11 is 0. The molecular formula is C17H23N5O2. The molecule has 3 rings (SSSR count). The van der Waals surface area contributed by atoms with Crippen LogP contribution in [-0.4, -0.2) is 45.8 Å². The Kier molecular flexibility index (Phi) is 4.53. The van der Waals surface area contributed by atoms with Crippen molar-refractivity contribution in [2.75, 3.05) is 20.2 Å². The summed E-state index contributed by atoms with van der Waals surface area (Å²) in [4.78, 5) is 18.4. The van der Waals surface area contributed by atoms with Gasteiger partial charge in [0.2, 0.25) is 5.91 Å². The number of methoxy groups -OCH3 is 1. The molecule has 1 amide bonds. The predicted octanol–water partition coefficient (Wildman–Crippen LogP) is 0.833. The van der Waals surface area contributed by atoms with E-state index in [2.05, 4.69) is 15.0 Å². The van der Waals surface area contributed by atoms with Crippen LogP contribution in [0.25, 0.3) is 0 Å².